The molecule has 0 radical (unpaired) electrons. The van der Waals surface area contributed by atoms with Gasteiger partial charge in [-0.1, -0.05) is 6.07 Å². The van der Waals surface area contributed by atoms with Crippen molar-refractivity contribution >= 4 is 17.3 Å². The predicted octanol–water partition coefficient (Wildman–Crippen LogP) is 3.63. The van der Waals surface area contributed by atoms with Crippen LogP contribution in [0.2, 0.25) is 0 Å². The molecule has 0 aromatic carbocycles. The zero-order chi connectivity index (χ0) is 16.6. The normalized spacial score (nSPS) is 21.6. The number of pyridine rings is 1. The summed E-state index contributed by atoms with van der Waals surface area (Å²) in [6, 6.07) is 8.49. The van der Waals surface area contributed by atoms with Crippen molar-refractivity contribution in [3.05, 3.63) is 54.1 Å². The predicted molar refractivity (Wildman–Crippen MR) is 97.3 cm³/mol. The molecule has 1 aliphatic rings. The van der Waals surface area contributed by atoms with Crippen LogP contribution >= 0.6 is 12.2 Å². The zero-order valence-corrected chi connectivity index (χ0v) is 15.0. The van der Waals surface area contributed by atoms with E-state index in [2.05, 4.69) is 72.0 Å². The lowest BCUT2D eigenvalue weighted by Gasteiger charge is -2.26. The Hall–Kier alpha value is -1.88. The summed E-state index contributed by atoms with van der Waals surface area (Å²) in [5, 5.41) is 4.26. The van der Waals surface area contributed by atoms with Gasteiger partial charge in [0.25, 0.3) is 0 Å². The first-order chi connectivity index (χ1) is 10.9. The smallest absolute Gasteiger partial charge is 0.170 e. The van der Waals surface area contributed by atoms with E-state index < -0.39 is 0 Å². The first kappa shape index (κ1) is 16.0. The van der Waals surface area contributed by atoms with Crippen LogP contribution in [-0.4, -0.2) is 26.1 Å². The molecular weight excluding hydrogens is 304 g/mol. The van der Waals surface area contributed by atoms with Crippen molar-refractivity contribution in [1.82, 2.24) is 19.8 Å². The molecule has 0 aliphatic carbocycles. The minimum atomic E-state index is 0.0718. The van der Waals surface area contributed by atoms with Crippen LogP contribution in [0.1, 0.15) is 51.0 Å². The van der Waals surface area contributed by atoms with Crippen molar-refractivity contribution in [1.29, 1.82) is 0 Å². The van der Waals surface area contributed by atoms with Gasteiger partial charge in [-0.15, -0.1) is 0 Å². The molecule has 4 nitrogen and oxygen atoms in total. The van der Waals surface area contributed by atoms with Gasteiger partial charge in [0.2, 0.25) is 0 Å². The molecule has 0 saturated carbocycles. The van der Waals surface area contributed by atoms with Crippen LogP contribution in [0.4, 0.5) is 0 Å². The molecule has 5 heteroatoms. The van der Waals surface area contributed by atoms with Crippen LogP contribution in [-0.2, 0) is 5.54 Å². The van der Waals surface area contributed by atoms with E-state index in [0.717, 1.165) is 17.4 Å². The van der Waals surface area contributed by atoms with Crippen LogP contribution in [0.15, 0.2) is 42.9 Å². The Balaban J connectivity index is 2.01. The summed E-state index contributed by atoms with van der Waals surface area (Å²) in [4.78, 5) is 6.79. The molecule has 2 aromatic heterocycles. The molecule has 23 heavy (non-hydrogen) atoms. The van der Waals surface area contributed by atoms with E-state index in [1.54, 1.807) is 0 Å². The number of hydrogen-bond donors (Lipinski definition) is 1. The second-order valence-electron chi connectivity index (χ2n) is 6.94. The summed E-state index contributed by atoms with van der Waals surface area (Å²) in [6.07, 6.45) is 6.23. The molecule has 1 aliphatic heterocycles. The minimum absolute atomic E-state index is 0.0718. The SMILES string of the molecule is CCN1C(=S)NC(c2ccccn2)C1c1ccn(C(C)(C)C)c1. The molecule has 3 rings (SSSR count). The number of aromatic nitrogens is 2. The van der Waals surface area contributed by atoms with Gasteiger partial charge in [0.15, 0.2) is 5.11 Å². The van der Waals surface area contributed by atoms with E-state index in [1.807, 2.05) is 18.3 Å². The summed E-state index contributed by atoms with van der Waals surface area (Å²) >= 11 is 5.55. The molecular formula is C18H24N4S. The molecule has 1 N–H and O–H groups in total. The van der Waals surface area contributed by atoms with Gasteiger partial charge >= 0.3 is 0 Å². The molecule has 0 amide bonds. The maximum atomic E-state index is 5.55. The third kappa shape index (κ3) is 2.98. The fraction of sp³-hybridized carbons (Fsp3) is 0.444. The number of hydrogen-bond acceptors (Lipinski definition) is 2. The molecule has 0 spiro atoms. The molecule has 1 saturated heterocycles. The Kier molecular flexibility index (Phi) is 4.15. The third-order valence-electron chi connectivity index (χ3n) is 4.37. The van der Waals surface area contributed by atoms with E-state index >= 15 is 0 Å². The first-order valence-electron chi connectivity index (χ1n) is 8.08. The van der Waals surface area contributed by atoms with E-state index in [0.29, 0.717) is 0 Å². The third-order valence-corrected chi connectivity index (χ3v) is 4.72. The highest BCUT2D eigenvalue weighted by atomic mass is 32.1. The quantitative estimate of drug-likeness (QED) is 0.872. The Morgan fingerprint density at radius 3 is 2.61 bits per heavy atom. The van der Waals surface area contributed by atoms with Gasteiger partial charge in [0.05, 0.1) is 17.8 Å². The topological polar surface area (TPSA) is 33.1 Å². The highest BCUT2D eigenvalue weighted by molar-refractivity contribution is 7.80. The average molecular weight is 328 g/mol. The zero-order valence-electron chi connectivity index (χ0n) is 14.2. The van der Waals surface area contributed by atoms with Crippen molar-refractivity contribution in [2.75, 3.05) is 6.54 Å². The fourth-order valence-electron chi connectivity index (χ4n) is 3.11. The molecule has 2 aromatic rings. The fourth-order valence-corrected chi connectivity index (χ4v) is 3.48. The van der Waals surface area contributed by atoms with Crippen molar-refractivity contribution in [2.45, 2.75) is 45.3 Å². The molecule has 2 unspecified atom stereocenters. The highest BCUT2D eigenvalue weighted by Gasteiger charge is 2.39. The molecule has 3 heterocycles. The van der Waals surface area contributed by atoms with Crippen LogP contribution < -0.4 is 5.32 Å². The summed E-state index contributed by atoms with van der Waals surface area (Å²) in [6.45, 7) is 9.65. The van der Waals surface area contributed by atoms with Crippen molar-refractivity contribution in [2.24, 2.45) is 0 Å². The Morgan fingerprint density at radius 2 is 2.04 bits per heavy atom. The van der Waals surface area contributed by atoms with Crippen LogP contribution in [0, 0.1) is 0 Å². The molecule has 0 bridgehead atoms. The number of rotatable bonds is 3. The van der Waals surface area contributed by atoms with Gasteiger partial charge in [0, 0.05) is 30.7 Å². The number of thiocarbonyl (C=S) groups is 1. The van der Waals surface area contributed by atoms with Gasteiger partial charge in [-0.3, -0.25) is 4.98 Å². The lowest BCUT2D eigenvalue weighted by atomic mass is 9.99. The van der Waals surface area contributed by atoms with Crippen LogP contribution in [0.3, 0.4) is 0 Å². The van der Waals surface area contributed by atoms with E-state index in [9.17, 15) is 0 Å². The summed E-state index contributed by atoms with van der Waals surface area (Å²) in [5.74, 6) is 0. The first-order valence-corrected chi connectivity index (χ1v) is 8.49. The Bertz CT molecular complexity index is 687. The van der Waals surface area contributed by atoms with E-state index in [1.165, 1.54) is 5.56 Å². The Morgan fingerprint density at radius 1 is 1.26 bits per heavy atom. The van der Waals surface area contributed by atoms with Gasteiger partial charge in [-0.05, 0) is 63.7 Å². The molecule has 1 fully saturated rings. The average Bonchev–Trinajstić information content (AvgIpc) is 3.11. The highest BCUT2D eigenvalue weighted by Crippen LogP contribution is 2.38. The van der Waals surface area contributed by atoms with Gasteiger partial charge in [-0.2, -0.15) is 0 Å². The van der Waals surface area contributed by atoms with Gasteiger partial charge < -0.3 is 14.8 Å². The number of likely N-dealkylation sites (N-methyl/N-ethyl adjacent to an activating group) is 1. The lowest BCUT2D eigenvalue weighted by molar-refractivity contribution is 0.328. The standard InChI is InChI=1S/C18H24N4S/c1-5-22-16(13-9-11-21(12-13)18(2,3)4)15(20-17(22)23)14-8-6-7-10-19-14/h6-12,15-16H,5H2,1-4H3,(H,20,23). The van der Waals surface area contributed by atoms with Crippen molar-refractivity contribution in [3.8, 4) is 0 Å². The maximum absolute atomic E-state index is 5.55. The maximum Gasteiger partial charge on any atom is 0.170 e. The summed E-state index contributed by atoms with van der Waals surface area (Å²) in [5.41, 5.74) is 2.37. The van der Waals surface area contributed by atoms with Crippen molar-refractivity contribution < 1.29 is 0 Å². The van der Waals surface area contributed by atoms with E-state index in [4.69, 9.17) is 12.2 Å². The van der Waals surface area contributed by atoms with E-state index in [-0.39, 0.29) is 17.6 Å². The van der Waals surface area contributed by atoms with Crippen LogP contribution in [0.25, 0.3) is 0 Å². The summed E-state index contributed by atoms with van der Waals surface area (Å²) in [7, 11) is 0. The summed E-state index contributed by atoms with van der Waals surface area (Å²) < 4.78 is 2.26. The lowest BCUT2D eigenvalue weighted by Crippen LogP contribution is -2.29. The van der Waals surface area contributed by atoms with Crippen molar-refractivity contribution in [3.63, 3.8) is 0 Å². The van der Waals surface area contributed by atoms with Gasteiger partial charge in [-0.25, -0.2) is 0 Å². The van der Waals surface area contributed by atoms with Crippen LogP contribution in [0.5, 0.6) is 0 Å². The molecule has 2 atom stereocenters. The number of nitrogens with zero attached hydrogens (tertiary/aromatic N) is 3. The monoisotopic (exact) mass is 328 g/mol. The Labute approximate surface area is 143 Å². The molecule has 122 valence electrons. The minimum Gasteiger partial charge on any atom is -0.352 e. The number of nitrogens with one attached hydrogen (secondary N) is 1. The second kappa shape index (κ2) is 5.96. The second-order valence-corrected chi connectivity index (χ2v) is 7.32. The largest absolute Gasteiger partial charge is 0.352 e. The van der Waals surface area contributed by atoms with Gasteiger partial charge in [0.1, 0.15) is 0 Å².